The highest BCUT2D eigenvalue weighted by Crippen LogP contribution is 2.30. The summed E-state index contributed by atoms with van der Waals surface area (Å²) in [4.78, 5) is 0. The third kappa shape index (κ3) is 2.03. The van der Waals surface area contributed by atoms with Crippen LogP contribution in [0.3, 0.4) is 0 Å². The smallest absolute Gasteiger partial charge is 0.370 e. The van der Waals surface area contributed by atoms with E-state index in [9.17, 15) is 34.9 Å². The Morgan fingerprint density at radius 1 is 1.17 bits per heavy atom. The van der Waals surface area contributed by atoms with E-state index in [4.69, 9.17) is 0 Å². The van der Waals surface area contributed by atoms with Crippen LogP contribution in [0.4, 0.5) is 22.0 Å². The highest BCUT2D eigenvalue weighted by atomic mass is 32.2. The van der Waals surface area contributed by atoms with E-state index in [2.05, 4.69) is 0 Å². The fraction of sp³-hybridized carbons (Fsp3) is 1.00. The lowest BCUT2D eigenvalue weighted by atomic mass is 10.4. The Kier molecular flexibility index (Phi) is 3.02. The van der Waals surface area contributed by atoms with Crippen LogP contribution in [0.5, 0.6) is 0 Å². The van der Waals surface area contributed by atoms with Crippen LogP contribution >= 0.6 is 0 Å². The van der Waals surface area contributed by atoms with Gasteiger partial charge in [-0.1, -0.05) is 0 Å². The largest absolute Gasteiger partial charge is 0.743 e. The van der Waals surface area contributed by atoms with Gasteiger partial charge < -0.3 is 4.55 Å². The zero-order chi connectivity index (χ0) is 10.2. The van der Waals surface area contributed by atoms with Crippen molar-refractivity contribution in [2.45, 2.75) is 17.9 Å². The normalized spacial score (nSPS) is 16.6. The summed E-state index contributed by atoms with van der Waals surface area (Å²) in [5.41, 5.74) is 0. The van der Waals surface area contributed by atoms with Crippen LogP contribution in [0.2, 0.25) is 0 Å². The summed E-state index contributed by atoms with van der Waals surface area (Å²) in [5.74, 6) is 0. The summed E-state index contributed by atoms with van der Waals surface area (Å²) in [5, 5.41) is -5.58. The van der Waals surface area contributed by atoms with Gasteiger partial charge in [0.15, 0.2) is 10.1 Å². The quantitative estimate of drug-likeness (QED) is 0.512. The molecule has 0 N–H and O–H groups in total. The number of rotatable bonds is 3. The van der Waals surface area contributed by atoms with Crippen molar-refractivity contribution in [1.29, 1.82) is 0 Å². The van der Waals surface area contributed by atoms with Gasteiger partial charge in [-0.25, -0.2) is 21.6 Å². The first-order chi connectivity index (χ1) is 5.10. The Labute approximate surface area is 63.9 Å². The Bertz CT molecular complexity index is 247. The van der Waals surface area contributed by atoms with Crippen LogP contribution in [0.25, 0.3) is 0 Å². The first kappa shape index (κ1) is 11.6. The average molecular weight is 213 g/mol. The van der Waals surface area contributed by atoms with E-state index in [1.165, 1.54) is 0 Å². The molecule has 0 rings (SSSR count). The lowest BCUT2D eigenvalue weighted by Crippen LogP contribution is -2.42. The average Bonchev–Trinajstić information content (AvgIpc) is 1.83. The van der Waals surface area contributed by atoms with Crippen molar-refractivity contribution >= 4 is 10.1 Å². The van der Waals surface area contributed by atoms with E-state index < -0.39 is 28.0 Å². The zero-order valence-electron chi connectivity index (χ0n) is 5.18. The molecule has 1 atom stereocenters. The van der Waals surface area contributed by atoms with E-state index in [1.54, 1.807) is 0 Å². The van der Waals surface area contributed by atoms with Gasteiger partial charge in [0.25, 0.3) is 6.43 Å². The molecule has 12 heavy (non-hydrogen) atoms. The van der Waals surface area contributed by atoms with Gasteiger partial charge in [0.05, 0.1) is 0 Å². The summed E-state index contributed by atoms with van der Waals surface area (Å²) in [6, 6.07) is 0. The number of alkyl halides is 5. The van der Waals surface area contributed by atoms with E-state index >= 15 is 0 Å². The van der Waals surface area contributed by atoms with Gasteiger partial charge in [-0.15, -0.1) is 0 Å². The molecule has 0 aromatic rings. The molecule has 0 saturated carbocycles. The molecule has 0 heterocycles. The molecule has 9 heteroatoms. The third-order valence-corrected chi connectivity index (χ3v) is 1.77. The predicted octanol–water partition coefficient (Wildman–Crippen LogP) is 0.728. The molecule has 0 saturated heterocycles. The fourth-order valence-corrected chi connectivity index (χ4v) is 0.663. The highest BCUT2D eigenvalue weighted by molar-refractivity contribution is 7.86. The van der Waals surface area contributed by atoms with Crippen molar-refractivity contribution in [2.75, 3.05) is 0 Å². The zero-order valence-corrected chi connectivity index (χ0v) is 5.99. The minimum atomic E-state index is -6.38. The lowest BCUT2D eigenvalue weighted by molar-refractivity contribution is -0.0775. The maximum absolute atomic E-state index is 11.8. The minimum absolute atomic E-state index is 4.22. The second-order valence-electron chi connectivity index (χ2n) is 1.75. The first-order valence-electron chi connectivity index (χ1n) is 2.36. The second kappa shape index (κ2) is 3.13. The van der Waals surface area contributed by atoms with Crippen LogP contribution in [-0.2, 0) is 10.1 Å². The summed E-state index contributed by atoms with van der Waals surface area (Å²) in [7, 11) is -6.38. The van der Waals surface area contributed by atoms with Gasteiger partial charge in [0.2, 0.25) is 6.17 Å². The molecular formula is C3H2F5O3S-. The van der Waals surface area contributed by atoms with Crippen molar-refractivity contribution in [3.05, 3.63) is 0 Å². The Morgan fingerprint density at radius 3 is 1.58 bits per heavy atom. The molecule has 0 aliphatic rings. The van der Waals surface area contributed by atoms with Gasteiger partial charge in [-0.3, -0.25) is 0 Å². The maximum atomic E-state index is 11.8. The van der Waals surface area contributed by atoms with Gasteiger partial charge >= 0.3 is 5.25 Å². The van der Waals surface area contributed by atoms with Crippen LogP contribution in [0.1, 0.15) is 0 Å². The molecule has 0 amide bonds. The van der Waals surface area contributed by atoms with Crippen molar-refractivity contribution in [3.63, 3.8) is 0 Å². The molecule has 3 nitrogen and oxygen atoms in total. The topological polar surface area (TPSA) is 57.2 Å². The monoisotopic (exact) mass is 213 g/mol. The van der Waals surface area contributed by atoms with Gasteiger partial charge in [-0.2, -0.15) is 8.78 Å². The molecule has 0 radical (unpaired) electrons. The van der Waals surface area contributed by atoms with Gasteiger partial charge in [-0.05, 0) is 0 Å². The van der Waals surface area contributed by atoms with E-state index in [-0.39, 0.29) is 0 Å². The molecule has 0 aromatic carbocycles. The minimum Gasteiger partial charge on any atom is -0.743 e. The summed E-state index contributed by atoms with van der Waals surface area (Å²) < 4.78 is 86.3. The van der Waals surface area contributed by atoms with Gasteiger partial charge in [0.1, 0.15) is 0 Å². The van der Waals surface area contributed by atoms with E-state index in [0.717, 1.165) is 0 Å². The molecule has 0 aliphatic heterocycles. The highest BCUT2D eigenvalue weighted by Gasteiger charge is 2.52. The van der Waals surface area contributed by atoms with E-state index in [0.29, 0.717) is 0 Å². The summed E-state index contributed by atoms with van der Waals surface area (Å²) in [6.07, 6.45) is -8.51. The molecule has 0 bridgehead atoms. The first-order valence-corrected chi connectivity index (χ1v) is 3.77. The maximum Gasteiger partial charge on any atom is 0.370 e. The van der Waals surface area contributed by atoms with Crippen molar-refractivity contribution in [3.8, 4) is 0 Å². The number of hydrogen-bond donors (Lipinski definition) is 0. The Balaban J connectivity index is 4.87. The van der Waals surface area contributed by atoms with Crippen molar-refractivity contribution < 1.29 is 34.9 Å². The molecule has 74 valence electrons. The van der Waals surface area contributed by atoms with Crippen LogP contribution in [0, 0.1) is 0 Å². The lowest BCUT2D eigenvalue weighted by Gasteiger charge is -2.22. The predicted molar refractivity (Wildman–Crippen MR) is 25.5 cm³/mol. The SMILES string of the molecule is O=S(=O)([O-])C(F)(F)C(F)C(F)F. The summed E-state index contributed by atoms with van der Waals surface area (Å²) >= 11 is 0. The molecule has 0 fully saturated rings. The Hall–Kier alpha value is -0.440. The number of halogens is 5. The van der Waals surface area contributed by atoms with Crippen molar-refractivity contribution in [1.82, 2.24) is 0 Å². The molecule has 0 aliphatic carbocycles. The molecular weight excluding hydrogens is 211 g/mol. The Morgan fingerprint density at radius 2 is 1.50 bits per heavy atom. The molecule has 1 unspecified atom stereocenters. The van der Waals surface area contributed by atoms with Crippen LogP contribution in [0.15, 0.2) is 0 Å². The van der Waals surface area contributed by atoms with Crippen LogP contribution < -0.4 is 0 Å². The number of hydrogen-bond acceptors (Lipinski definition) is 3. The second-order valence-corrected chi connectivity index (χ2v) is 3.20. The van der Waals surface area contributed by atoms with Gasteiger partial charge in [0, 0.05) is 0 Å². The molecule has 0 spiro atoms. The third-order valence-electron chi connectivity index (χ3n) is 0.876. The fourth-order valence-electron chi connectivity index (χ4n) is 0.285. The standard InChI is InChI=1S/C3H3F5O3S/c4-1(2(5)6)3(7,8)12(9,10)11/h1-2H,(H,9,10,11)/p-1. The molecule has 0 aromatic heterocycles. The van der Waals surface area contributed by atoms with Crippen molar-refractivity contribution in [2.24, 2.45) is 0 Å². The van der Waals surface area contributed by atoms with E-state index in [1.807, 2.05) is 0 Å². The van der Waals surface area contributed by atoms with Crippen LogP contribution in [-0.4, -0.2) is 30.8 Å². The summed E-state index contributed by atoms with van der Waals surface area (Å²) in [6.45, 7) is 0.